The predicted molar refractivity (Wildman–Crippen MR) is 242 cm³/mol. The summed E-state index contributed by atoms with van der Waals surface area (Å²) in [6.07, 6.45) is 8.65. The second-order valence-electron chi connectivity index (χ2n) is 17.5. The molecule has 0 radical (unpaired) electrons. The summed E-state index contributed by atoms with van der Waals surface area (Å²) in [6.45, 7) is 13.8. The van der Waals surface area contributed by atoms with Crippen LogP contribution in [0.4, 0.5) is 0 Å². The maximum absolute atomic E-state index is 9.01. The third-order valence-corrected chi connectivity index (χ3v) is 31.8. The SMILES string of the molecule is CC(C)(C)c1cc2c(cc1-c1ccccc1)[CH]([Zr]([Cl])([Cl])(=[C](c1cccc(Cl)c1)c1cccc(Cl)c1)[CH]1C=CC=C1)c1cc(-c3ccccc3)c(C(C)(C)C)cc1-2. The molecule has 56 heavy (non-hydrogen) atoms. The molecule has 282 valence electrons. The van der Waals surface area contributed by atoms with Gasteiger partial charge >= 0.3 is 354 Å². The number of rotatable bonds is 6. The standard InChI is InChI=1S/C33H33.C13H8Cl2.C5H5.2ClH.Zr/c1-32(2,3)30-20-26-24(18-28(30)22-13-9-7-10-14-22)17-25-19-29(23-15-11-8-12-16-23)31(21-27(25)26)33(4,5)6;14-12-5-1-3-10(8-12)7-11-4-2-6-13(15)9-11;1-2-4-5-3-1;;;/h7-21H,1-6H3;1-6,8-9H;1-5H;2*1H;/q;;;;;+2/p-2. The van der Waals surface area contributed by atoms with Crippen LogP contribution < -0.4 is 0 Å². The van der Waals surface area contributed by atoms with Gasteiger partial charge in [0.2, 0.25) is 0 Å². The van der Waals surface area contributed by atoms with E-state index in [9.17, 15) is 0 Å². The Balaban J connectivity index is 1.62. The first-order chi connectivity index (χ1) is 26.5. The zero-order valence-corrected chi connectivity index (χ0v) is 38.2. The van der Waals surface area contributed by atoms with Gasteiger partial charge in [0, 0.05) is 0 Å². The molecule has 0 unspecified atom stereocenters. The maximum atomic E-state index is 9.01. The van der Waals surface area contributed by atoms with Crippen LogP contribution in [0, 0.1) is 0 Å². The molecule has 0 saturated heterocycles. The Morgan fingerprint density at radius 2 is 0.893 bits per heavy atom. The van der Waals surface area contributed by atoms with Crippen molar-refractivity contribution in [3.05, 3.63) is 201 Å². The molecule has 8 rings (SSSR count). The molecule has 2 aliphatic rings. The van der Waals surface area contributed by atoms with Crippen molar-refractivity contribution in [3.63, 3.8) is 0 Å². The van der Waals surface area contributed by atoms with Gasteiger partial charge < -0.3 is 0 Å². The first-order valence-corrected chi connectivity index (χ1v) is 30.5. The Bertz CT molecular complexity index is 2460. The molecule has 6 aromatic rings. The second-order valence-corrected chi connectivity index (χ2v) is 39.1. The molecule has 0 aromatic heterocycles. The Labute approximate surface area is 350 Å². The van der Waals surface area contributed by atoms with Crippen LogP contribution in [-0.4, -0.2) is 3.21 Å². The van der Waals surface area contributed by atoms with Crippen LogP contribution in [0.1, 0.15) is 78.5 Å². The Kier molecular flexibility index (Phi) is 10.2. The average Bonchev–Trinajstić information content (AvgIpc) is 3.82. The summed E-state index contributed by atoms with van der Waals surface area (Å²) >= 11 is 7.92. The first-order valence-electron chi connectivity index (χ1n) is 19.4. The van der Waals surface area contributed by atoms with Crippen LogP contribution in [0.3, 0.4) is 0 Å². The fourth-order valence-corrected chi connectivity index (χ4v) is 28.8. The van der Waals surface area contributed by atoms with Gasteiger partial charge in [0.05, 0.1) is 0 Å². The molecule has 0 fully saturated rings. The monoisotopic (exact) mass is 888 g/mol. The van der Waals surface area contributed by atoms with Crippen molar-refractivity contribution < 1.29 is 15.9 Å². The van der Waals surface area contributed by atoms with Crippen molar-refractivity contribution in [2.24, 2.45) is 0 Å². The van der Waals surface area contributed by atoms with Crippen molar-refractivity contribution in [2.75, 3.05) is 0 Å². The van der Waals surface area contributed by atoms with E-state index in [2.05, 4.69) is 163 Å². The molecule has 0 bridgehead atoms. The van der Waals surface area contributed by atoms with Gasteiger partial charge in [-0.15, -0.1) is 0 Å². The second kappa shape index (κ2) is 14.5. The molecule has 0 aliphatic heterocycles. The molecule has 0 spiro atoms. The number of benzene rings is 6. The molecule has 5 heteroatoms. The van der Waals surface area contributed by atoms with Crippen molar-refractivity contribution in [1.82, 2.24) is 0 Å². The Morgan fingerprint density at radius 3 is 1.27 bits per heavy atom. The summed E-state index contributed by atoms with van der Waals surface area (Å²) in [7, 11) is 18.0. The third kappa shape index (κ3) is 6.80. The van der Waals surface area contributed by atoms with Gasteiger partial charge in [-0.1, -0.05) is 0 Å². The third-order valence-electron chi connectivity index (χ3n) is 11.7. The molecule has 0 amide bonds. The fourth-order valence-electron chi connectivity index (χ4n) is 9.16. The molecule has 0 nitrogen and oxygen atoms in total. The number of hydrogen-bond acceptors (Lipinski definition) is 0. The summed E-state index contributed by atoms with van der Waals surface area (Å²) in [5.74, 6) is 0. The van der Waals surface area contributed by atoms with Crippen LogP contribution in [0.25, 0.3) is 33.4 Å². The van der Waals surface area contributed by atoms with E-state index in [1.54, 1.807) is 0 Å². The minimum absolute atomic E-state index is 0.148. The number of hydrogen-bond donors (Lipinski definition) is 0. The van der Waals surface area contributed by atoms with E-state index < -0.39 is 15.9 Å². The van der Waals surface area contributed by atoms with Gasteiger partial charge in [-0.2, -0.15) is 0 Å². The van der Waals surface area contributed by atoms with Crippen LogP contribution >= 0.6 is 40.2 Å². The number of allylic oxidation sites excluding steroid dienone is 4. The van der Waals surface area contributed by atoms with Crippen LogP contribution in [0.5, 0.6) is 0 Å². The number of fused-ring (bicyclic) bond motifs is 3. The average molecular weight is 892 g/mol. The first kappa shape index (κ1) is 39.5. The van der Waals surface area contributed by atoms with E-state index in [0.29, 0.717) is 10.0 Å². The van der Waals surface area contributed by atoms with Crippen LogP contribution in [-0.2, 0) is 26.7 Å². The van der Waals surface area contributed by atoms with Crippen LogP contribution in [0.2, 0.25) is 13.7 Å². The summed E-state index contributed by atoms with van der Waals surface area (Å²) in [6, 6.07) is 47.3. The molecule has 0 saturated carbocycles. The summed E-state index contributed by atoms with van der Waals surface area (Å²) in [4.78, 5) is 0. The van der Waals surface area contributed by atoms with Crippen LogP contribution in [0.15, 0.2) is 158 Å². The molecule has 6 aromatic carbocycles. The van der Waals surface area contributed by atoms with E-state index >= 15 is 0 Å². The van der Waals surface area contributed by atoms with E-state index in [1.807, 2.05) is 36.4 Å². The zero-order chi connectivity index (χ0) is 39.6. The van der Waals surface area contributed by atoms with Gasteiger partial charge in [0.25, 0.3) is 0 Å². The summed E-state index contributed by atoms with van der Waals surface area (Å²) < 4.78 is 0.372. The normalized spacial score (nSPS) is 14.6. The molecular formula is C51H46Cl4Zr. The molecule has 2 aliphatic carbocycles. The molecule has 0 atom stereocenters. The predicted octanol–water partition coefficient (Wildman–Crippen LogP) is 16.2. The van der Waals surface area contributed by atoms with Crippen molar-refractivity contribution in [2.45, 2.75) is 59.6 Å². The van der Waals surface area contributed by atoms with Gasteiger partial charge in [-0.25, -0.2) is 0 Å². The van der Waals surface area contributed by atoms with Gasteiger partial charge in [-0.3, -0.25) is 0 Å². The number of halogens is 4. The topological polar surface area (TPSA) is 0 Å². The van der Waals surface area contributed by atoms with E-state index in [-0.39, 0.29) is 18.1 Å². The van der Waals surface area contributed by atoms with Crippen molar-refractivity contribution >= 4 is 43.4 Å². The fraction of sp³-hybridized carbons (Fsp3) is 0.196. The van der Waals surface area contributed by atoms with Crippen molar-refractivity contribution in [3.8, 4) is 33.4 Å². The Morgan fingerprint density at radius 1 is 0.482 bits per heavy atom. The van der Waals surface area contributed by atoms with E-state index in [1.165, 1.54) is 55.6 Å². The van der Waals surface area contributed by atoms with Crippen molar-refractivity contribution in [1.29, 1.82) is 0 Å². The zero-order valence-electron chi connectivity index (χ0n) is 32.7. The van der Waals surface area contributed by atoms with Gasteiger partial charge in [0.15, 0.2) is 0 Å². The molecular weight excluding hydrogens is 846 g/mol. The van der Waals surface area contributed by atoms with E-state index in [0.717, 1.165) is 14.3 Å². The van der Waals surface area contributed by atoms with Gasteiger partial charge in [-0.05, 0) is 0 Å². The summed E-state index contributed by atoms with van der Waals surface area (Å²) in [5.41, 5.74) is 13.6. The summed E-state index contributed by atoms with van der Waals surface area (Å²) in [5, 5.41) is 1.25. The quantitative estimate of drug-likeness (QED) is 0.156. The van der Waals surface area contributed by atoms with E-state index in [4.69, 9.17) is 40.2 Å². The molecule has 0 heterocycles. The molecule has 0 N–H and O–H groups in total. The van der Waals surface area contributed by atoms with Gasteiger partial charge in [0.1, 0.15) is 0 Å². The minimum atomic E-state index is -5.78. The Hall–Kier alpha value is -3.29.